The van der Waals surface area contributed by atoms with Gasteiger partial charge in [-0.05, 0) is 75.5 Å². The number of sulfonamides is 1. The van der Waals surface area contributed by atoms with E-state index in [1.165, 1.54) is 0 Å². The van der Waals surface area contributed by atoms with Crippen LogP contribution in [0.15, 0.2) is 46.2 Å². The van der Waals surface area contributed by atoms with Gasteiger partial charge in [0, 0.05) is 35.9 Å². The summed E-state index contributed by atoms with van der Waals surface area (Å²) >= 11 is 0. The average molecular weight is 527 g/mol. The Morgan fingerprint density at radius 1 is 1.11 bits per heavy atom. The van der Waals surface area contributed by atoms with Gasteiger partial charge < -0.3 is 15.4 Å². The van der Waals surface area contributed by atoms with Gasteiger partial charge in [0.05, 0.1) is 17.6 Å². The Kier molecular flexibility index (Phi) is 7.84. The number of aromatic nitrogens is 3. The quantitative estimate of drug-likeness (QED) is 0.363. The number of anilines is 2. The van der Waals surface area contributed by atoms with E-state index < -0.39 is 10.0 Å². The van der Waals surface area contributed by atoms with Gasteiger partial charge >= 0.3 is 0 Å². The molecule has 0 unspecified atom stereocenters. The highest BCUT2D eigenvalue weighted by Crippen LogP contribution is 2.30. The smallest absolute Gasteiger partial charge is 0.252 e. The van der Waals surface area contributed by atoms with Crippen LogP contribution in [0.1, 0.15) is 50.1 Å². The highest BCUT2D eigenvalue weighted by Gasteiger charge is 2.21. The lowest BCUT2D eigenvalue weighted by atomic mass is 10.1. The van der Waals surface area contributed by atoms with Crippen molar-refractivity contribution < 1.29 is 13.2 Å². The minimum atomic E-state index is -3.66. The molecule has 1 saturated carbocycles. The Balaban J connectivity index is 1.27. The maximum absolute atomic E-state index is 12.8. The highest BCUT2D eigenvalue weighted by atomic mass is 32.2. The van der Waals surface area contributed by atoms with E-state index in [-0.39, 0.29) is 29.1 Å². The maximum atomic E-state index is 12.8. The normalized spacial score (nSPS) is 17.4. The summed E-state index contributed by atoms with van der Waals surface area (Å²) in [5.41, 5.74) is 1.99. The molecule has 0 amide bonds. The molecule has 3 aromatic rings. The molecule has 0 atom stereocenters. The molecule has 11 heteroatoms. The third-order valence-corrected chi connectivity index (χ3v) is 8.60. The first-order chi connectivity index (χ1) is 17.9. The molecule has 2 fully saturated rings. The van der Waals surface area contributed by atoms with Gasteiger partial charge in [0.25, 0.3) is 5.56 Å². The van der Waals surface area contributed by atoms with Crippen LogP contribution in [0.25, 0.3) is 11.0 Å². The lowest BCUT2D eigenvalue weighted by Crippen LogP contribution is -2.34. The van der Waals surface area contributed by atoms with Crippen molar-refractivity contribution in [2.24, 2.45) is 0 Å². The second kappa shape index (κ2) is 11.3. The molecule has 3 N–H and O–H groups in total. The van der Waals surface area contributed by atoms with Crippen LogP contribution in [0.3, 0.4) is 0 Å². The summed E-state index contributed by atoms with van der Waals surface area (Å²) in [6, 6.07) is 8.37. The molecular weight excluding hydrogens is 492 g/mol. The number of rotatable bonds is 9. The number of ether oxygens (including phenoxy) is 1. The van der Waals surface area contributed by atoms with Gasteiger partial charge in [0.1, 0.15) is 5.65 Å². The number of fused-ring (bicyclic) bond motifs is 1. The lowest BCUT2D eigenvalue weighted by Gasteiger charge is -2.22. The van der Waals surface area contributed by atoms with Crippen molar-refractivity contribution in [3.63, 3.8) is 0 Å². The van der Waals surface area contributed by atoms with Gasteiger partial charge in [0.2, 0.25) is 16.0 Å². The number of piperidine rings is 1. The van der Waals surface area contributed by atoms with Crippen LogP contribution in [0, 0.1) is 6.92 Å². The van der Waals surface area contributed by atoms with E-state index in [0.717, 1.165) is 62.6 Å². The minimum absolute atomic E-state index is 0.0524. The van der Waals surface area contributed by atoms with Crippen molar-refractivity contribution in [3.05, 3.63) is 52.4 Å². The number of aryl methyl sites for hydroxylation is 1. The lowest BCUT2D eigenvalue weighted by molar-refractivity contribution is 0.0367. The third-order valence-electron chi connectivity index (χ3n) is 7.15. The SMILES string of the molecule is Cc1cc(S(=O)(=O)NCCOC2CCNCC2)ccc1Nc1ncc2ccc(=O)n(C3CCCC3)c2n1. The van der Waals surface area contributed by atoms with Crippen molar-refractivity contribution >= 4 is 32.7 Å². The molecule has 37 heavy (non-hydrogen) atoms. The van der Waals surface area contributed by atoms with E-state index in [0.29, 0.717) is 23.9 Å². The Hall–Kier alpha value is -2.86. The molecule has 1 saturated heterocycles. The fourth-order valence-corrected chi connectivity index (χ4v) is 6.22. The second-order valence-corrected chi connectivity index (χ2v) is 11.5. The van der Waals surface area contributed by atoms with Crippen molar-refractivity contribution in [1.82, 2.24) is 24.6 Å². The number of pyridine rings is 1. The van der Waals surface area contributed by atoms with Crippen LogP contribution in [-0.4, -0.2) is 55.3 Å². The van der Waals surface area contributed by atoms with E-state index >= 15 is 0 Å². The van der Waals surface area contributed by atoms with Gasteiger partial charge in [-0.1, -0.05) is 12.8 Å². The Labute approximate surface area is 216 Å². The molecule has 0 bridgehead atoms. The first-order valence-electron chi connectivity index (χ1n) is 13.0. The summed E-state index contributed by atoms with van der Waals surface area (Å²) < 4.78 is 35.8. The van der Waals surface area contributed by atoms with E-state index in [9.17, 15) is 13.2 Å². The predicted molar refractivity (Wildman–Crippen MR) is 143 cm³/mol. The van der Waals surface area contributed by atoms with Crippen LogP contribution in [0.2, 0.25) is 0 Å². The molecular formula is C26H34N6O4S. The van der Waals surface area contributed by atoms with Gasteiger partial charge in [-0.3, -0.25) is 9.36 Å². The standard InChI is InChI=1S/C26H34N6O4S/c1-18-16-22(37(34,35)29-14-15-36-21-10-12-27-13-11-21)7-8-23(18)30-26-28-17-19-6-9-24(33)32(25(19)31-26)20-4-2-3-5-20/h6-9,16-17,20-21,27,29H,2-5,10-15H2,1H3,(H,28,30,31). The number of nitrogens with zero attached hydrogens (tertiary/aromatic N) is 3. The Morgan fingerprint density at radius 2 is 1.89 bits per heavy atom. The van der Waals surface area contributed by atoms with Crippen molar-refractivity contribution in [2.75, 3.05) is 31.6 Å². The molecule has 198 valence electrons. The Bertz CT molecular complexity index is 1410. The molecule has 2 aliphatic rings. The van der Waals surface area contributed by atoms with Crippen LogP contribution < -0.4 is 20.9 Å². The fraction of sp³-hybridized carbons (Fsp3) is 0.500. The minimum Gasteiger partial charge on any atom is -0.377 e. The van der Waals surface area contributed by atoms with E-state index in [1.54, 1.807) is 41.1 Å². The van der Waals surface area contributed by atoms with Gasteiger partial charge in [-0.2, -0.15) is 4.98 Å². The van der Waals surface area contributed by atoms with Crippen molar-refractivity contribution in [2.45, 2.75) is 62.5 Å². The highest BCUT2D eigenvalue weighted by molar-refractivity contribution is 7.89. The Morgan fingerprint density at radius 3 is 2.65 bits per heavy atom. The molecule has 1 aromatic carbocycles. The molecule has 1 aliphatic carbocycles. The molecule has 2 aromatic heterocycles. The largest absolute Gasteiger partial charge is 0.377 e. The van der Waals surface area contributed by atoms with Crippen LogP contribution in [-0.2, 0) is 14.8 Å². The summed E-state index contributed by atoms with van der Waals surface area (Å²) in [5, 5.41) is 7.28. The molecule has 5 rings (SSSR count). The fourth-order valence-electron chi connectivity index (χ4n) is 5.13. The molecule has 0 radical (unpaired) electrons. The molecule has 10 nitrogen and oxygen atoms in total. The topological polar surface area (TPSA) is 127 Å². The monoisotopic (exact) mass is 526 g/mol. The van der Waals surface area contributed by atoms with Gasteiger partial charge in [0.15, 0.2) is 0 Å². The average Bonchev–Trinajstić information content (AvgIpc) is 3.43. The first kappa shape index (κ1) is 25.8. The van der Waals surface area contributed by atoms with E-state index in [4.69, 9.17) is 4.74 Å². The summed E-state index contributed by atoms with van der Waals surface area (Å²) in [6.07, 6.45) is 7.94. The maximum Gasteiger partial charge on any atom is 0.252 e. The van der Waals surface area contributed by atoms with Gasteiger partial charge in [-0.15, -0.1) is 0 Å². The summed E-state index contributed by atoms with van der Waals surface area (Å²) in [7, 11) is -3.66. The predicted octanol–water partition coefficient (Wildman–Crippen LogP) is 3.01. The van der Waals surface area contributed by atoms with Crippen molar-refractivity contribution in [3.8, 4) is 0 Å². The summed E-state index contributed by atoms with van der Waals surface area (Å²) in [5.74, 6) is 0.358. The van der Waals surface area contributed by atoms with Crippen LogP contribution in [0.4, 0.5) is 11.6 Å². The van der Waals surface area contributed by atoms with Crippen molar-refractivity contribution in [1.29, 1.82) is 0 Å². The van der Waals surface area contributed by atoms with Crippen LogP contribution in [0.5, 0.6) is 0 Å². The third kappa shape index (κ3) is 6.01. The number of benzene rings is 1. The van der Waals surface area contributed by atoms with Crippen LogP contribution >= 0.6 is 0 Å². The second-order valence-electron chi connectivity index (χ2n) is 9.77. The van der Waals surface area contributed by atoms with Gasteiger partial charge in [-0.25, -0.2) is 18.1 Å². The molecule has 0 spiro atoms. The number of hydrogen-bond acceptors (Lipinski definition) is 8. The summed E-state index contributed by atoms with van der Waals surface area (Å²) in [6.45, 7) is 4.25. The van der Waals surface area contributed by atoms with E-state index in [1.807, 2.05) is 6.92 Å². The number of hydrogen-bond donors (Lipinski definition) is 3. The van der Waals surface area contributed by atoms with E-state index in [2.05, 4.69) is 25.3 Å². The molecule has 3 heterocycles. The zero-order chi connectivity index (χ0) is 25.8. The zero-order valence-electron chi connectivity index (χ0n) is 21.1. The molecule has 1 aliphatic heterocycles. The number of nitrogens with one attached hydrogen (secondary N) is 3. The first-order valence-corrected chi connectivity index (χ1v) is 14.5. The zero-order valence-corrected chi connectivity index (χ0v) is 21.9. The summed E-state index contributed by atoms with van der Waals surface area (Å²) in [4.78, 5) is 21.9.